The first-order valence-electron chi connectivity index (χ1n) is 4.97. The quantitative estimate of drug-likeness (QED) is 0.247. The summed E-state index contributed by atoms with van der Waals surface area (Å²) < 4.78 is 26.8. The summed E-state index contributed by atoms with van der Waals surface area (Å²) in [5, 5.41) is 11.1. The van der Waals surface area contributed by atoms with Crippen LogP contribution in [0.3, 0.4) is 0 Å². The van der Waals surface area contributed by atoms with Gasteiger partial charge in [0.25, 0.3) is 10.2 Å². The van der Waals surface area contributed by atoms with Gasteiger partial charge in [0.2, 0.25) is 0 Å². The number of nitrogens with zero attached hydrogens (tertiary/aromatic N) is 2. The molecule has 0 aliphatic carbocycles. The molecule has 0 aromatic carbocycles. The van der Waals surface area contributed by atoms with Gasteiger partial charge in [0.05, 0.1) is 0 Å². The van der Waals surface area contributed by atoms with Crippen LogP contribution in [-0.2, 0) is 10.2 Å². The summed E-state index contributed by atoms with van der Waals surface area (Å²) in [6.07, 6.45) is 0.190. The van der Waals surface area contributed by atoms with Gasteiger partial charge in [0.15, 0.2) is 0 Å². The SMILES string of the molecule is CC(C)CNS(=O)(=O)N(C)CCC(N)=NO. The van der Waals surface area contributed by atoms with Gasteiger partial charge in [0.1, 0.15) is 5.84 Å². The molecule has 0 unspecified atom stereocenters. The fourth-order valence-electron chi connectivity index (χ4n) is 0.824. The first-order valence-corrected chi connectivity index (χ1v) is 6.41. The van der Waals surface area contributed by atoms with E-state index in [0.29, 0.717) is 6.54 Å². The normalized spacial score (nSPS) is 13.7. The largest absolute Gasteiger partial charge is 0.409 e. The van der Waals surface area contributed by atoms with E-state index >= 15 is 0 Å². The van der Waals surface area contributed by atoms with Crippen molar-refractivity contribution in [1.82, 2.24) is 9.03 Å². The maximum atomic E-state index is 11.6. The Labute approximate surface area is 96.5 Å². The average molecular weight is 252 g/mol. The van der Waals surface area contributed by atoms with Crippen molar-refractivity contribution in [2.45, 2.75) is 20.3 Å². The topological polar surface area (TPSA) is 108 Å². The van der Waals surface area contributed by atoms with Crippen molar-refractivity contribution >= 4 is 16.0 Å². The lowest BCUT2D eigenvalue weighted by Crippen LogP contribution is -2.41. The molecular weight excluding hydrogens is 232 g/mol. The second-order valence-corrected chi connectivity index (χ2v) is 5.77. The lowest BCUT2D eigenvalue weighted by Gasteiger charge is -2.18. The highest BCUT2D eigenvalue weighted by Gasteiger charge is 2.17. The molecule has 16 heavy (non-hydrogen) atoms. The molecule has 0 aliphatic heterocycles. The summed E-state index contributed by atoms with van der Waals surface area (Å²) >= 11 is 0. The van der Waals surface area contributed by atoms with Crippen LogP contribution in [0, 0.1) is 5.92 Å². The van der Waals surface area contributed by atoms with Crippen LogP contribution < -0.4 is 10.5 Å². The van der Waals surface area contributed by atoms with Crippen LogP contribution in [0.5, 0.6) is 0 Å². The molecule has 0 spiro atoms. The molecule has 0 aromatic rings. The number of hydrogen-bond donors (Lipinski definition) is 3. The molecule has 96 valence electrons. The molecule has 0 rings (SSSR count). The first-order chi connectivity index (χ1) is 7.29. The Morgan fingerprint density at radius 3 is 2.56 bits per heavy atom. The summed E-state index contributed by atoms with van der Waals surface area (Å²) in [7, 11) is -2.03. The van der Waals surface area contributed by atoms with Crippen molar-refractivity contribution in [2.75, 3.05) is 20.1 Å². The molecule has 0 heterocycles. The molecule has 0 bridgehead atoms. The van der Waals surface area contributed by atoms with Gasteiger partial charge < -0.3 is 10.9 Å². The van der Waals surface area contributed by atoms with Gasteiger partial charge in [-0.05, 0) is 5.92 Å². The predicted molar refractivity (Wildman–Crippen MR) is 62.4 cm³/mol. The van der Waals surface area contributed by atoms with Crippen LogP contribution in [0.15, 0.2) is 5.16 Å². The van der Waals surface area contributed by atoms with Gasteiger partial charge in [0, 0.05) is 26.6 Å². The zero-order valence-electron chi connectivity index (χ0n) is 9.84. The number of hydrogen-bond acceptors (Lipinski definition) is 4. The molecule has 0 saturated carbocycles. The highest BCUT2D eigenvalue weighted by molar-refractivity contribution is 7.87. The summed E-state index contributed by atoms with van der Waals surface area (Å²) in [4.78, 5) is 0. The van der Waals surface area contributed by atoms with Crippen LogP contribution in [0.4, 0.5) is 0 Å². The standard InChI is InChI=1S/C8H20N4O3S/c1-7(2)6-10-16(14,15)12(3)5-4-8(9)11-13/h7,10,13H,4-6H2,1-3H3,(H2,9,11). The number of rotatable bonds is 7. The van der Waals surface area contributed by atoms with Gasteiger partial charge in [-0.15, -0.1) is 0 Å². The molecule has 7 nitrogen and oxygen atoms in total. The van der Waals surface area contributed by atoms with E-state index in [1.54, 1.807) is 0 Å². The van der Waals surface area contributed by atoms with Crippen LogP contribution in [0.25, 0.3) is 0 Å². The number of oxime groups is 1. The van der Waals surface area contributed by atoms with E-state index in [4.69, 9.17) is 10.9 Å². The van der Waals surface area contributed by atoms with Gasteiger partial charge >= 0.3 is 0 Å². The predicted octanol–water partition coefficient (Wildman–Crippen LogP) is -0.455. The third kappa shape index (κ3) is 5.89. The minimum absolute atomic E-state index is 0.00547. The van der Waals surface area contributed by atoms with Gasteiger partial charge in [-0.3, -0.25) is 0 Å². The maximum Gasteiger partial charge on any atom is 0.279 e. The lowest BCUT2D eigenvalue weighted by atomic mass is 10.2. The molecule has 0 aliphatic rings. The molecule has 0 aromatic heterocycles. The Morgan fingerprint density at radius 1 is 1.56 bits per heavy atom. The third-order valence-electron chi connectivity index (χ3n) is 1.90. The molecular formula is C8H20N4O3S. The minimum Gasteiger partial charge on any atom is -0.409 e. The summed E-state index contributed by atoms with van der Waals surface area (Å²) in [6.45, 7) is 4.39. The van der Waals surface area contributed by atoms with Crippen LogP contribution in [0.1, 0.15) is 20.3 Å². The fourth-order valence-corrected chi connectivity index (χ4v) is 1.92. The van der Waals surface area contributed by atoms with E-state index in [9.17, 15) is 8.42 Å². The monoisotopic (exact) mass is 252 g/mol. The van der Waals surface area contributed by atoms with Crippen molar-refractivity contribution in [3.63, 3.8) is 0 Å². The minimum atomic E-state index is -3.47. The van der Waals surface area contributed by atoms with E-state index in [-0.39, 0.29) is 24.7 Å². The van der Waals surface area contributed by atoms with Gasteiger partial charge in [-0.25, -0.2) is 4.72 Å². The Balaban J connectivity index is 4.20. The summed E-state index contributed by atoms with van der Waals surface area (Å²) in [5.41, 5.74) is 5.24. The Hall–Kier alpha value is -0.860. The average Bonchev–Trinajstić information content (AvgIpc) is 2.22. The highest BCUT2D eigenvalue weighted by atomic mass is 32.2. The Kier molecular flexibility index (Phi) is 6.31. The fraction of sp³-hybridized carbons (Fsp3) is 0.875. The van der Waals surface area contributed by atoms with Crippen molar-refractivity contribution in [2.24, 2.45) is 16.8 Å². The van der Waals surface area contributed by atoms with Gasteiger partial charge in [-0.2, -0.15) is 12.7 Å². The molecule has 8 heteroatoms. The lowest BCUT2D eigenvalue weighted by molar-refractivity contribution is 0.316. The smallest absolute Gasteiger partial charge is 0.279 e. The molecule has 0 radical (unpaired) electrons. The van der Waals surface area contributed by atoms with Crippen molar-refractivity contribution in [3.05, 3.63) is 0 Å². The maximum absolute atomic E-state index is 11.6. The Bertz CT molecular complexity index is 326. The van der Waals surface area contributed by atoms with Crippen molar-refractivity contribution < 1.29 is 13.6 Å². The second-order valence-electron chi connectivity index (χ2n) is 3.91. The van der Waals surface area contributed by atoms with Crippen LogP contribution in [-0.4, -0.2) is 43.9 Å². The summed E-state index contributed by atoms with van der Waals surface area (Å²) in [5.74, 6) is 0.248. The number of nitrogens with two attached hydrogens (primary N) is 1. The summed E-state index contributed by atoms with van der Waals surface area (Å²) in [6, 6.07) is 0. The van der Waals surface area contributed by atoms with Crippen molar-refractivity contribution in [1.29, 1.82) is 0 Å². The molecule has 4 N–H and O–H groups in total. The van der Waals surface area contributed by atoms with E-state index in [1.807, 2.05) is 13.8 Å². The number of amidine groups is 1. The molecule has 0 amide bonds. The van der Waals surface area contributed by atoms with E-state index in [1.165, 1.54) is 7.05 Å². The molecule has 0 atom stereocenters. The van der Waals surface area contributed by atoms with E-state index in [2.05, 4.69) is 9.88 Å². The van der Waals surface area contributed by atoms with Crippen LogP contribution >= 0.6 is 0 Å². The van der Waals surface area contributed by atoms with E-state index in [0.717, 1.165) is 4.31 Å². The second kappa shape index (κ2) is 6.66. The van der Waals surface area contributed by atoms with Crippen LogP contribution in [0.2, 0.25) is 0 Å². The van der Waals surface area contributed by atoms with Gasteiger partial charge in [-0.1, -0.05) is 19.0 Å². The first kappa shape index (κ1) is 15.1. The zero-order chi connectivity index (χ0) is 12.8. The Morgan fingerprint density at radius 2 is 2.12 bits per heavy atom. The van der Waals surface area contributed by atoms with E-state index < -0.39 is 10.2 Å². The van der Waals surface area contributed by atoms with Crippen molar-refractivity contribution in [3.8, 4) is 0 Å². The highest BCUT2D eigenvalue weighted by Crippen LogP contribution is 1.97. The zero-order valence-corrected chi connectivity index (χ0v) is 10.7. The third-order valence-corrected chi connectivity index (χ3v) is 3.43. The molecule has 0 saturated heterocycles. The number of nitrogens with one attached hydrogen (secondary N) is 1. The molecule has 0 fully saturated rings.